The van der Waals surface area contributed by atoms with Crippen LogP contribution in [-0.4, -0.2) is 24.0 Å². The van der Waals surface area contributed by atoms with Gasteiger partial charge in [-0.3, -0.25) is 4.79 Å². The molecule has 23 heavy (non-hydrogen) atoms. The van der Waals surface area contributed by atoms with Crippen molar-refractivity contribution in [2.75, 3.05) is 7.11 Å². The van der Waals surface area contributed by atoms with E-state index in [1.165, 1.54) is 17.4 Å². The van der Waals surface area contributed by atoms with Gasteiger partial charge in [0.1, 0.15) is 22.4 Å². The molecule has 0 atom stereocenters. The van der Waals surface area contributed by atoms with E-state index in [9.17, 15) is 4.79 Å². The van der Waals surface area contributed by atoms with Gasteiger partial charge < -0.3 is 10.1 Å². The van der Waals surface area contributed by atoms with E-state index in [4.69, 9.17) is 10.00 Å². The number of nitrogens with zero attached hydrogens (tertiary/aromatic N) is 2. The number of benzene rings is 1. The van der Waals surface area contributed by atoms with Crippen LogP contribution >= 0.6 is 11.3 Å². The Bertz CT molecular complexity index is 772. The fourth-order valence-corrected chi connectivity index (χ4v) is 2.65. The number of methoxy groups -OCH3 is 1. The lowest BCUT2D eigenvalue weighted by molar-refractivity contribution is -0.117. The van der Waals surface area contributed by atoms with Gasteiger partial charge in [0.25, 0.3) is 5.91 Å². The lowest BCUT2D eigenvalue weighted by Gasteiger charge is -2.06. The Morgan fingerprint density at radius 1 is 1.48 bits per heavy atom. The second-order valence-corrected chi connectivity index (χ2v) is 5.97. The molecular formula is C17H17N3O2S. The number of thiazole rings is 1. The average Bonchev–Trinajstić information content (AvgIpc) is 3.00. The molecule has 0 aliphatic carbocycles. The van der Waals surface area contributed by atoms with Gasteiger partial charge in [-0.2, -0.15) is 5.26 Å². The van der Waals surface area contributed by atoms with Crippen LogP contribution in [0.25, 0.3) is 16.6 Å². The molecule has 1 N–H and O–H groups in total. The van der Waals surface area contributed by atoms with Crippen molar-refractivity contribution in [1.82, 2.24) is 10.3 Å². The maximum absolute atomic E-state index is 11.9. The van der Waals surface area contributed by atoms with Crippen molar-refractivity contribution < 1.29 is 9.53 Å². The van der Waals surface area contributed by atoms with Crippen LogP contribution in [0.1, 0.15) is 19.5 Å². The maximum atomic E-state index is 11.9. The van der Waals surface area contributed by atoms with Crippen LogP contribution in [0.2, 0.25) is 0 Å². The summed E-state index contributed by atoms with van der Waals surface area (Å²) in [5.41, 5.74) is 1.56. The summed E-state index contributed by atoms with van der Waals surface area (Å²) in [6.07, 6.45) is 1.50. The largest absolute Gasteiger partial charge is 0.497 e. The maximum Gasteiger partial charge on any atom is 0.262 e. The summed E-state index contributed by atoms with van der Waals surface area (Å²) >= 11 is 1.45. The topological polar surface area (TPSA) is 75.0 Å². The molecule has 118 valence electrons. The van der Waals surface area contributed by atoms with Crippen LogP contribution < -0.4 is 10.1 Å². The fourth-order valence-electron chi connectivity index (χ4n) is 1.88. The highest BCUT2D eigenvalue weighted by Crippen LogP contribution is 2.27. The second-order valence-electron chi connectivity index (χ2n) is 5.11. The molecule has 0 saturated carbocycles. The van der Waals surface area contributed by atoms with Crippen LogP contribution in [-0.2, 0) is 4.79 Å². The van der Waals surface area contributed by atoms with E-state index in [-0.39, 0.29) is 11.6 Å². The molecule has 1 amide bonds. The Labute approximate surface area is 139 Å². The average molecular weight is 327 g/mol. The Morgan fingerprint density at radius 3 is 2.91 bits per heavy atom. The second kappa shape index (κ2) is 7.56. The lowest BCUT2D eigenvalue weighted by atomic mass is 10.2. The summed E-state index contributed by atoms with van der Waals surface area (Å²) in [6, 6.07) is 9.47. The van der Waals surface area contributed by atoms with Crippen molar-refractivity contribution >= 4 is 23.3 Å². The molecule has 5 nitrogen and oxygen atoms in total. The van der Waals surface area contributed by atoms with Crippen molar-refractivity contribution in [3.05, 3.63) is 40.9 Å². The molecule has 0 unspecified atom stereocenters. The molecule has 1 heterocycles. The molecular weight excluding hydrogens is 310 g/mol. The number of hydrogen-bond acceptors (Lipinski definition) is 5. The Kier molecular flexibility index (Phi) is 5.50. The van der Waals surface area contributed by atoms with E-state index in [2.05, 4.69) is 10.3 Å². The first-order chi connectivity index (χ1) is 11.0. The van der Waals surface area contributed by atoms with Crippen molar-refractivity contribution in [1.29, 1.82) is 5.26 Å². The summed E-state index contributed by atoms with van der Waals surface area (Å²) < 4.78 is 5.20. The van der Waals surface area contributed by atoms with Crippen molar-refractivity contribution in [2.45, 2.75) is 19.9 Å². The van der Waals surface area contributed by atoms with Crippen LogP contribution in [0.5, 0.6) is 5.75 Å². The third kappa shape index (κ3) is 4.41. The van der Waals surface area contributed by atoms with Crippen LogP contribution in [0.15, 0.2) is 35.2 Å². The van der Waals surface area contributed by atoms with E-state index < -0.39 is 5.91 Å². The van der Waals surface area contributed by atoms with Crippen LogP contribution in [0, 0.1) is 11.3 Å². The van der Waals surface area contributed by atoms with Gasteiger partial charge in [-0.05, 0) is 32.1 Å². The Hall–Kier alpha value is -2.65. The van der Waals surface area contributed by atoms with Gasteiger partial charge >= 0.3 is 0 Å². The molecule has 0 aliphatic rings. The monoisotopic (exact) mass is 327 g/mol. The smallest absolute Gasteiger partial charge is 0.262 e. The van der Waals surface area contributed by atoms with Gasteiger partial charge in [0.15, 0.2) is 0 Å². The molecule has 0 spiro atoms. The number of nitrogens with one attached hydrogen (secondary N) is 1. The molecule has 0 fully saturated rings. The first-order valence-electron chi connectivity index (χ1n) is 7.06. The SMILES string of the molecule is COc1cccc(-c2nc(C=C(C#N)C(=O)NC(C)C)cs2)c1. The van der Waals surface area contributed by atoms with Gasteiger partial charge in [0, 0.05) is 17.0 Å². The summed E-state index contributed by atoms with van der Waals surface area (Å²) in [5.74, 6) is 0.363. The normalized spacial score (nSPS) is 11.2. The highest BCUT2D eigenvalue weighted by molar-refractivity contribution is 7.13. The summed E-state index contributed by atoms with van der Waals surface area (Å²) in [4.78, 5) is 16.4. The summed E-state index contributed by atoms with van der Waals surface area (Å²) in [6.45, 7) is 3.69. The zero-order valence-electron chi connectivity index (χ0n) is 13.2. The molecule has 2 rings (SSSR count). The number of carbonyl (C=O) groups excluding carboxylic acids is 1. The number of rotatable bonds is 5. The summed E-state index contributed by atoms with van der Waals surface area (Å²) in [7, 11) is 1.61. The van der Waals surface area contributed by atoms with Gasteiger partial charge in [-0.1, -0.05) is 12.1 Å². The Balaban J connectivity index is 2.25. The van der Waals surface area contributed by atoms with Gasteiger partial charge in [-0.15, -0.1) is 11.3 Å². The summed E-state index contributed by atoms with van der Waals surface area (Å²) in [5, 5.41) is 14.5. The standard InChI is InChI=1S/C17H17N3O2S/c1-11(2)19-16(21)13(9-18)7-14-10-23-17(20-14)12-5-4-6-15(8-12)22-3/h4-8,10-11H,1-3H3,(H,19,21). The molecule has 1 aromatic carbocycles. The zero-order valence-corrected chi connectivity index (χ0v) is 14.0. The fraction of sp³-hybridized carbons (Fsp3) is 0.235. The highest BCUT2D eigenvalue weighted by atomic mass is 32.1. The number of amides is 1. The predicted octanol–water partition coefficient (Wildman–Crippen LogP) is 3.25. The molecule has 0 aliphatic heterocycles. The number of carbonyl (C=O) groups is 1. The Morgan fingerprint density at radius 2 is 2.26 bits per heavy atom. The lowest BCUT2D eigenvalue weighted by Crippen LogP contribution is -2.30. The number of nitriles is 1. The van der Waals surface area contributed by atoms with Crippen molar-refractivity contribution in [3.63, 3.8) is 0 Å². The van der Waals surface area contributed by atoms with E-state index >= 15 is 0 Å². The first-order valence-corrected chi connectivity index (χ1v) is 7.94. The third-order valence-electron chi connectivity index (χ3n) is 2.92. The van der Waals surface area contributed by atoms with Crippen LogP contribution in [0.4, 0.5) is 0 Å². The number of hydrogen-bond donors (Lipinski definition) is 1. The van der Waals surface area contributed by atoms with Gasteiger partial charge in [-0.25, -0.2) is 4.98 Å². The minimum absolute atomic E-state index is 0.0259. The minimum Gasteiger partial charge on any atom is -0.497 e. The third-order valence-corrected chi connectivity index (χ3v) is 3.83. The van der Waals surface area contributed by atoms with Gasteiger partial charge in [0.2, 0.25) is 0 Å². The van der Waals surface area contributed by atoms with E-state index in [0.717, 1.165) is 16.3 Å². The van der Waals surface area contributed by atoms with E-state index in [1.807, 2.05) is 49.6 Å². The van der Waals surface area contributed by atoms with Crippen molar-refractivity contribution in [2.24, 2.45) is 0 Å². The molecule has 0 radical (unpaired) electrons. The predicted molar refractivity (Wildman–Crippen MR) is 91.0 cm³/mol. The van der Waals surface area contributed by atoms with Crippen molar-refractivity contribution in [3.8, 4) is 22.4 Å². The zero-order chi connectivity index (χ0) is 16.8. The minimum atomic E-state index is -0.390. The molecule has 2 aromatic rings. The van der Waals surface area contributed by atoms with E-state index in [1.54, 1.807) is 7.11 Å². The molecule has 1 aromatic heterocycles. The van der Waals surface area contributed by atoms with Gasteiger partial charge in [0.05, 0.1) is 12.8 Å². The quantitative estimate of drug-likeness (QED) is 0.675. The van der Waals surface area contributed by atoms with Crippen LogP contribution in [0.3, 0.4) is 0 Å². The molecule has 0 saturated heterocycles. The highest BCUT2D eigenvalue weighted by Gasteiger charge is 2.11. The van der Waals surface area contributed by atoms with E-state index in [0.29, 0.717) is 5.69 Å². The molecule has 6 heteroatoms. The number of ether oxygens (including phenoxy) is 1. The first kappa shape index (κ1) is 16.7. The number of aromatic nitrogens is 1. The molecule has 0 bridgehead atoms.